The molecule has 156 valence electrons. The van der Waals surface area contributed by atoms with Gasteiger partial charge in [-0.3, -0.25) is 10.2 Å². The lowest BCUT2D eigenvalue weighted by Crippen LogP contribution is -2.42. The average Bonchev–Trinajstić information content (AvgIpc) is 2.73. The first-order chi connectivity index (χ1) is 13.7. The standard InChI is InChI=1S/C18H21N3O6S2/c1-14-5-7-16(8-6-14)28(23,24)20-19-18(22)15-3-2-4-17(13-15)29(25,26)21-9-11-27-12-10-21/h2-8,13,20H,9-12H2,1H3,(H,19,22). The van der Waals surface area contributed by atoms with Crippen LogP contribution < -0.4 is 10.3 Å². The third-order valence-electron chi connectivity index (χ3n) is 4.33. The van der Waals surface area contributed by atoms with Gasteiger partial charge >= 0.3 is 0 Å². The van der Waals surface area contributed by atoms with Crippen LogP contribution in [0.25, 0.3) is 0 Å². The van der Waals surface area contributed by atoms with Crippen molar-refractivity contribution in [3.63, 3.8) is 0 Å². The number of nitrogens with one attached hydrogen (secondary N) is 2. The van der Waals surface area contributed by atoms with E-state index >= 15 is 0 Å². The molecule has 0 radical (unpaired) electrons. The van der Waals surface area contributed by atoms with Crippen LogP contribution in [-0.2, 0) is 24.8 Å². The number of morpholine rings is 1. The van der Waals surface area contributed by atoms with Crippen LogP contribution in [-0.4, -0.2) is 53.4 Å². The Bertz CT molecular complexity index is 1090. The summed E-state index contributed by atoms with van der Waals surface area (Å²) >= 11 is 0. The normalized spacial score (nSPS) is 15.8. The Morgan fingerprint density at radius 2 is 1.62 bits per heavy atom. The molecule has 0 bridgehead atoms. The Morgan fingerprint density at radius 3 is 2.28 bits per heavy atom. The molecular weight excluding hydrogens is 418 g/mol. The minimum atomic E-state index is -3.96. The van der Waals surface area contributed by atoms with Gasteiger partial charge in [0.2, 0.25) is 10.0 Å². The molecule has 0 spiro atoms. The topological polar surface area (TPSA) is 122 Å². The minimum Gasteiger partial charge on any atom is -0.379 e. The molecule has 0 saturated carbocycles. The molecule has 3 rings (SSSR count). The maximum absolute atomic E-state index is 12.7. The number of ether oxygens (including phenoxy) is 1. The van der Waals surface area contributed by atoms with Crippen LogP contribution in [0.15, 0.2) is 58.3 Å². The monoisotopic (exact) mass is 439 g/mol. The molecule has 0 atom stereocenters. The van der Waals surface area contributed by atoms with Crippen LogP contribution in [0, 0.1) is 6.92 Å². The van der Waals surface area contributed by atoms with E-state index in [1.807, 2.05) is 11.8 Å². The maximum Gasteiger partial charge on any atom is 0.266 e. The molecule has 0 aliphatic carbocycles. The smallest absolute Gasteiger partial charge is 0.266 e. The molecule has 0 unspecified atom stereocenters. The summed E-state index contributed by atoms with van der Waals surface area (Å²) in [5.74, 6) is -0.778. The average molecular weight is 440 g/mol. The van der Waals surface area contributed by atoms with Gasteiger partial charge in [-0.2, -0.15) is 4.31 Å². The highest BCUT2D eigenvalue weighted by Gasteiger charge is 2.27. The van der Waals surface area contributed by atoms with Gasteiger partial charge < -0.3 is 4.74 Å². The third-order valence-corrected chi connectivity index (χ3v) is 7.49. The Kier molecular flexibility index (Phi) is 6.34. The number of carbonyl (C=O) groups excluding carboxylic acids is 1. The largest absolute Gasteiger partial charge is 0.379 e. The molecule has 1 fully saturated rings. The number of benzene rings is 2. The summed E-state index contributed by atoms with van der Waals surface area (Å²) in [5, 5.41) is 0. The van der Waals surface area contributed by atoms with Crippen LogP contribution in [0.5, 0.6) is 0 Å². The van der Waals surface area contributed by atoms with Crippen LogP contribution in [0.4, 0.5) is 0 Å². The summed E-state index contributed by atoms with van der Waals surface area (Å²) in [7, 11) is -7.73. The van der Waals surface area contributed by atoms with Gasteiger partial charge in [0.25, 0.3) is 15.9 Å². The molecule has 1 amide bonds. The summed E-state index contributed by atoms with van der Waals surface area (Å²) in [6.45, 7) is 2.90. The van der Waals surface area contributed by atoms with Crippen molar-refractivity contribution in [2.75, 3.05) is 26.3 Å². The summed E-state index contributed by atoms with van der Waals surface area (Å²) in [6.07, 6.45) is 0. The van der Waals surface area contributed by atoms with E-state index in [9.17, 15) is 21.6 Å². The number of aryl methyl sites for hydroxylation is 1. The van der Waals surface area contributed by atoms with Gasteiger partial charge in [-0.05, 0) is 37.3 Å². The van der Waals surface area contributed by atoms with Crippen molar-refractivity contribution in [3.05, 3.63) is 59.7 Å². The fourth-order valence-electron chi connectivity index (χ4n) is 2.70. The van der Waals surface area contributed by atoms with Crippen LogP contribution in [0.1, 0.15) is 15.9 Å². The third kappa shape index (κ3) is 5.00. The van der Waals surface area contributed by atoms with E-state index in [0.29, 0.717) is 13.2 Å². The van der Waals surface area contributed by atoms with E-state index in [-0.39, 0.29) is 28.4 Å². The second kappa shape index (κ2) is 8.59. The number of hydrogen-bond acceptors (Lipinski definition) is 6. The minimum absolute atomic E-state index is 0.00550. The Balaban J connectivity index is 1.73. The van der Waals surface area contributed by atoms with Gasteiger partial charge in [0.05, 0.1) is 23.0 Å². The summed E-state index contributed by atoms with van der Waals surface area (Å²) in [6, 6.07) is 11.5. The number of hydrazine groups is 1. The number of carbonyl (C=O) groups is 1. The Hall–Kier alpha value is -2.31. The number of amides is 1. The van der Waals surface area contributed by atoms with E-state index in [2.05, 4.69) is 5.43 Å². The first kappa shape index (κ1) is 21.4. The van der Waals surface area contributed by atoms with E-state index < -0.39 is 26.0 Å². The van der Waals surface area contributed by atoms with Crippen molar-refractivity contribution in [1.82, 2.24) is 14.6 Å². The van der Waals surface area contributed by atoms with Gasteiger partial charge in [0, 0.05) is 18.7 Å². The molecule has 9 nitrogen and oxygen atoms in total. The second-order valence-corrected chi connectivity index (χ2v) is 10.0. The molecule has 1 aliphatic rings. The van der Waals surface area contributed by atoms with Gasteiger partial charge in [-0.1, -0.05) is 23.8 Å². The van der Waals surface area contributed by atoms with E-state index in [0.717, 1.165) is 5.56 Å². The molecule has 11 heteroatoms. The van der Waals surface area contributed by atoms with E-state index in [4.69, 9.17) is 4.74 Å². The van der Waals surface area contributed by atoms with Gasteiger partial charge in [0.1, 0.15) is 0 Å². The fourth-order valence-corrected chi connectivity index (χ4v) is 4.99. The van der Waals surface area contributed by atoms with Gasteiger partial charge in [-0.15, -0.1) is 4.83 Å². The van der Waals surface area contributed by atoms with E-state index in [1.54, 1.807) is 12.1 Å². The lowest BCUT2D eigenvalue weighted by Gasteiger charge is -2.26. The molecule has 0 aromatic heterocycles. The van der Waals surface area contributed by atoms with Crippen molar-refractivity contribution in [1.29, 1.82) is 0 Å². The molecule has 1 saturated heterocycles. The zero-order valence-corrected chi connectivity index (χ0v) is 17.3. The zero-order valence-electron chi connectivity index (χ0n) is 15.7. The lowest BCUT2D eigenvalue weighted by molar-refractivity contribution is 0.0730. The molecule has 29 heavy (non-hydrogen) atoms. The zero-order chi connectivity index (χ0) is 21.1. The molecule has 2 N–H and O–H groups in total. The lowest BCUT2D eigenvalue weighted by atomic mass is 10.2. The first-order valence-corrected chi connectivity index (χ1v) is 11.7. The number of nitrogens with zero attached hydrogens (tertiary/aromatic N) is 1. The van der Waals surface area contributed by atoms with Crippen LogP contribution >= 0.6 is 0 Å². The SMILES string of the molecule is Cc1ccc(S(=O)(=O)NNC(=O)c2cccc(S(=O)(=O)N3CCOCC3)c2)cc1. The highest BCUT2D eigenvalue weighted by Crippen LogP contribution is 2.18. The van der Waals surface area contributed by atoms with Crippen molar-refractivity contribution < 1.29 is 26.4 Å². The number of rotatable bonds is 6. The van der Waals surface area contributed by atoms with Crippen molar-refractivity contribution >= 4 is 26.0 Å². The second-order valence-electron chi connectivity index (χ2n) is 6.42. The maximum atomic E-state index is 12.7. The van der Waals surface area contributed by atoms with Crippen LogP contribution in [0.2, 0.25) is 0 Å². The molecular formula is C18H21N3O6S2. The Morgan fingerprint density at radius 1 is 0.966 bits per heavy atom. The van der Waals surface area contributed by atoms with Gasteiger partial charge in [-0.25, -0.2) is 16.8 Å². The number of hydrogen-bond donors (Lipinski definition) is 2. The van der Waals surface area contributed by atoms with Crippen molar-refractivity contribution in [2.24, 2.45) is 0 Å². The van der Waals surface area contributed by atoms with Crippen molar-refractivity contribution in [2.45, 2.75) is 16.7 Å². The summed E-state index contributed by atoms with van der Waals surface area (Å²) < 4.78 is 56.4. The molecule has 1 heterocycles. The number of sulfonamides is 2. The predicted molar refractivity (Wildman–Crippen MR) is 105 cm³/mol. The Labute approximate surface area is 169 Å². The van der Waals surface area contributed by atoms with Gasteiger partial charge in [0.15, 0.2) is 0 Å². The highest BCUT2D eigenvalue weighted by molar-refractivity contribution is 7.89. The molecule has 2 aromatic rings. The summed E-state index contributed by atoms with van der Waals surface area (Å²) in [5.41, 5.74) is 3.01. The van der Waals surface area contributed by atoms with Crippen LogP contribution in [0.3, 0.4) is 0 Å². The van der Waals surface area contributed by atoms with Crippen molar-refractivity contribution in [3.8, 4) is 0 Å². The predicted octanol–water partition coefficient (Wildman–Crippen LogP) is 0.639. The molecule has 2 aromatic carbocycles. The summed E-state index contributed by atoms with van der Waals surface area (Å²) in [4.78, 5) is 14.3. The fraction of sp³-hybridized carbons (Fsp3) is 0.278. The first-order valence-electron chi connectivity index (χ1n) is 8.77. The highest BCUT2D eigenvalue weighted by atomic mass is 32.2. The van der Waals surface area contributed by atoms with E-state index in [1.165, 1.54) is 40.7 Å². The molecule has 1 aliphatic heterocycles. The quantitative estimate of drug-likeness (QED) is 0.637.